The minimum Gasteiger partial charge on any atom is -0.452 e. The molecule has 9 nitrogen and oxygen atoms in total. The summed E-state index contributed by atoms with van der Waals surface area (Å²) in [6.07, 6.45) is 3.36. The van der Waals surface area contributed by atoms with Crippen LogP contribution in [0.1, 0.15) is 28.9 Å². The zero-order chi connectivity index (χ0) is 18.8. The van der Waals surface area contributed by atoms with Gasteiger partial charge in [-0.1, -0.05) is 0 Å². The van der Waals surface area contributed by atoms with E-state index in [9.17, 15) is 14.4 Å². The second kappa shape index (κ2) is 7.11. The van der Waals surface area contributed by atoms with Gasteiger partial charge in [-0.2, -0.15) is 5.10 Å². The van der Waals surface area contributed by atoms with Crippen LogP contribution in [0.3, 0.4) is 0 Å². The van der Waals surface area contributed by atoms with E-state index in [1.165, 1.54) is 18.1 Å². The summed E-state index contributed by atoms with van der Waals surface area (Å²) >= 11 is 0. The summed E-state index contributed by atoms with van der Waals surface area (Å²) in [5.41, 5.74) is 1.66. The average Bonchev–Trinajstić information content (AvgIpc) is 3.37. The molecule has 0 aliphatic heterocycles. The Hall–Kier alpha value is -2.97. The number of hydrogen-bond donors (Lipinski definition) is 1. The second-order valence-electron chi connectivity index (χ2n) is 6.47. The Kier molecular flexibility index (Phi) is 4.88. The molecule has 1 N–H and O–H groups in total. The number of carbonyl (C=O) groups is 3. The highest BCUT2D eigenvalue weighted by atomic mass is 16.5. The summed E-state index contributed by atoms with van der Waals surface area (Å²) in [6, 6.07) is 1.88. The Balaban J connectivity index is 1.55. The lowest BCUT2D eigenvalue weighted by Gasteiger charge is -2.16. The van der Waals surface area contributed by atoms with E-state index < -0.39 is 18.5 Å². The third-order valence-corrected chi connectivity index (χ3v) is 4.17. The van der Waals surface area contributed by atoms with Crippen LogP contribution in [0.4, 0.5) is 0 Å². The van der Waals surface area contributed by atoms with Crippen molar-refractivity contribution < 1.29 is 19.1 Å². The Labute approximate surface area is 150 Å². The molecule has 0 spiro atoms. The first kappa shape index (κ1) is 17.8. The number of esters is 1. The number of carbonyl (C=O) groups excluding carboxylic acids is 3. The lowest BCUT2D eigenvalue weighted by Crippen LogP contribution is -2.40. The highest BCUT2D eigenvalue weighted by molar-refractivity contribution is 5.95. The van der Waals surface area contributed by atoms with Crippen LogP contribution in [0.15, 0.2) is 12.3 Å². The molecular weight excluding hydrogens is 338 g/mol. The molecule has 0 bridgehead atoms. The Morgan fingerprint density at radius 2 is 2.12 bits per heavy atom. The predicted molar refractivity (Wildman–Crippen MR) is 92.3 cm³/mol. The molecule has 0 unspecified atom stereocenters. The summed E-state index contributed by atoms with van der Waals surface area (Å²) in [4.78, 5) is 41.3. The highest BCUT2D eigenvalue weighted by Crippen LogP contribution is 2.18. The summed E-state index contributed by atoms with van der Waals surface area (Å²) in [5, 5.41) is 7.79. The van der Waals surface area contributed by atoms with E-state index >= 15 is 0 Å². The second-order valence-corrected chi connectivity index (χ2v) is 6.47. The van der Waals surface area contributed by atoms with E-state index in [4.69, 9.17) is 4.74 Å². The normalized spacial score (nSPS) is 13.5. The van der Waals surface area contributed by atoms with Gasteiger partial charge in [0.05, 0.1) is 17.8 Å². The van der Waals surface area contributed by atoms with E-state index in [2.05, 4.69) is 15.4 Å². The van der Waals surface area contributed by atoms with Crippen LogP contribution >= 0.6 is 0 Å². The summed E-state index contributed by atoms with van der Waals surface area (Å²) in [5.74, 6) is -1.31. The number of ether oxygens (including phenoxy) is 1. The van der Waals surface area contributed by atoms with Crippen molar-refractivity contribution in [3.63, 3.8) is 0 Å². The molecule has 2 aromatic heterocycles. The van der Waals surface area contributed by atoms with Gasteiger partial charge in [0.2, 0.25) is 5.91 Å². The Morgan fingerprint density at radius 1 is 1.38 bits per heavy atom. The van der Waals surface area contributed by atoms with Crippen molar-refractivity contribution in [1.82, 2.24) is 25.0 Å². The van der Waals surface area contributed by atoms with Crippen molar-refractivity contribution in [1.29, 1.82) is 0 Å². The maximum Gasteiger partial charge on any atom is 0.340 e. The third-order valence-electron chi connectivity index (χ3n) is 4.17. The van der Waals surface area contributed by atoms with Gasteiger partial charge in [-0.05, 0) is 25.8 Å². The van der Waals surface area contributed by atoms with E-state index in [0.29, 0.717) is 5.65 Å². The molecule has 1 aliphatic carbocycles. The molecule has 0 radical (unpaired) electrons. The molecule has 1 fully saturated rings. The molecule has 9 heteroatoms. The van der Waals surface area contributed by atoms with E-state index in [1.54, 1.807) is 17.8 Å². The predicted octanol–water partition coefficient (Wildman–Crippen LogP) is 0.171. The SMILES string of the molecule is Cc1nn(C)c2ncc(C(=O)OCC(=O)N(C)CC(=O)NC3CC3)cc12. The van der Waals surface area contributed by atoms with Crippen molar-refractivity contribution in [2.75, 3.05) is 20.2 Å². The van der Waals surface area contributed by atoms with Crippen molar-refractivity contribution in [2.24, 2.45) is 7.05 Å². The molecule has 138 valence electrons. The molecule has 3 rings (SSSR count). The van der Waals surface area contributed by atoms with Gasteiger partial charge in [0.25, 0.3) is 5.91 Å². The topological polar surface area (TPSA) is 106 Å². The van der Waals surface area contributed by atoms with Crippen LogP contribution < -0.4 is 5.32 Å². The molecular formula is C17H21N5O4. The number of aromatic nitrogens is 3. The molecule has 0 saturated heterocycles. The van der Waals surface area contributed by atoms with E-state index in [-0.39, 0.29) is 24.1 Å². The number of amides is 2. The molecule has 2 aromatic rings. The fraction of sp³-hybridized carbons (Fsp3) is 0.471. The van der Waals surface area contributed by atoms with Crippen LogP contribution in [0, 0.1) is 6.92 Å². The van der Waals surface area contributed by atoms with Crippen molar-refractivity contribution >= 4 is 28.8 Å². The van der Waals surface area contributed by atoms with Crippen LogP contribution in [-0.2, 0) is 21.4 Å². The van der Waals surface area contributed by atoms with Crippen LogP contribution in [0.25, 0.3) is 11.0 Å². The third kappa shape index (κ3) is 3.98. The fourth-order valence-electron chi connectivity index (χ4n) is 2.54. The summed E-state index contributed by atoms with van der Waals surface area (Å²) < 4.78 is 6.68. The van der Waals surface area contributed by atoms with Gasteiger partial charge in [-0.15, -0.1) is 0 Å². The minimum absolute atomic E-state index is 0.0602. The van der Waals surface area contributed by atoms with Gasteiger partial charge in [0.1, 0.15) is 0 Å². The number of hydrogen-bond acceptors (Lipinski definition) is 6. The zero-order valence-corrected chi connectivity index (χ0v) is 15.0. The number of nitrogens with zero attached hydrogens (tertiary/aromatic N) is 4. The Morgan fingerprint density at radius 3 is 2.81 bits per heavy atom. The highest BCUT2D eigenvalue weighted by Gasteiger charge is 2.24. The van der Waals surface area contributed by atoms with Crippen LogP contribution in [-0.4, -0.2) is 63.7 Å². The van der Waals surface area contributed by atoms with Crippen molar-refractivity contribution in [2.45, 2.75) is 25.8 Å². The summed E-state index contributed by atoms with van der Waals surface area (Å²) in [7, 11) is 3.27. The van der Waals surface area contributed by atoms with Crippen molar-refractivity contribution in [3.05, 3.63) is 23.5 Å². The molecule has 0 atom stereocenters. The van der Waals surface area contributed by atoms with Crippen molar-refractivity contribution in [3.8, 4) is 0 Å². The maximum absolute atomic E-state index is 12.2. The average molecular weight is 359 g/mol. The van der Waals surface area contributed by atoms with E-state index in [1.807, 2.05) is 6.92 Å². The van der Waals surface area contributed by atoms with Gasteiger partial charge >= 0.3 is 5.97 Å². The number of rotatable bonds is 6. The molecule has 2 heterocycles. The molecule has 0 aromatic carbocycles. The smallest absolute Gasteiger partial charge is 0.340 e. The first-order chi connectivity index (χ1) is 12.3. The molecule has 2 amide bonds. The lowest BCUT2D eigenvalue weighted by atomic mass is 10.2. The molecule has 26 heavy (non-hydrogen) atoms. The largest absolute Gasteiger partial charge is 0.452 e. The lowest BCUT2D eigenvalue weighted by molar-refractivity contribution is -0.137. The van der Waals surface area contributed by atoms with Gasteiger partial charge in [0, 0.05) is 31.7 Å². The van der Waals surface area contributed by atoms with Crippen LogP contribution in [0.5, 0.6) is 0 Å². The first-order valence-electron chi connectivity index (χ1n) is 8.35. The Bertz CT molecular complexity index is 871. The van der Waals surface area contributed by atoms with Gasteiger partial charge < -0.3 is 15.0 Å². The quantitative estimate of drug-likeness (QED) is 0.737. The minimum atomic E-state index is -0.646. The number of nitrogens with one attached hydrogen (secondary N) is 1. The molecule has 1 aliphatic rings. The standard InChI is InChI=1S/C17H21N5O4/c1-10-13-6-11(7-18-16(13)22(3)20-10)17(25)26-9-15(24)21(2)8-14(23)19-12-4-5-12/h6-7,12H,4-5,8-9H2,1-3H3,(H,19,23). The number of likely N-dealkylation sites (N-methyl/N-ethyl adjacent to an activating group) is 1. The van der Waals surface area contributed by atoms with Gasteiger partial charge in [-0.3, -0.25) is 14.3 Å². The maximum atomic E-state index is 12.2. The molecule has 1 saturated carbocycles. The van der Waals surface area contributed by atoms with Gasteiger partial charge in [0.15, 0.2) is 12.3 Å². The van der Waals surface area contributed by atoms with Gasteiger partial charge in [-0.25, -0.2) is 9.78 Å². The number of pyridine rings is 1. The summed E-state index contributed by atoms with van der Waals surface area (Å²) in [6.45, 7) is 1.33. The monoisotopic (exact) mass is 359 g/mol. The first-order valence-corrected chi connectivity index (χ1v) is 8.35. The zero-order valence-electron chi connectivity index (χ0n) is 15.0. The van der Waals surface area contributed by atoms with Crippen LogP contribution in [0.2, 0.25) is 0 Å². The van der Waals surface area contributed by atoms with E-state index in [0.717, 1.165) is 23.9 Å². The fourth-order valence-corrected chi connectivity index (χ4v) is 2.54. The number of aryl methyl sites for hydroxylation is 2. The number of fused-ring (bicyclic) bond motifs is 1.